The molecular formula is C16H23N3. The minimum atomic E-state index is 0.898. The van der Waals surface area contributed by atoms with Crippen LogP contribution < -0.4 is 5.32 Å². The van der Waals surface area contributed by atoms with E-state index in [1.807, 2.05) is 13.2 Å². The van der Waals surface area contributed by atoms with Gasteiger partial charge in [-0.05, 0) is 50.1 Å². The third kappa shape index (κ3) is 2.87. The molecule has 0 radical (unpaired) electrons. The summed E-state index contributed by atoms with van der Waals surface area (Å²) in [7, 11) is 1.98. The Morgan fingerprint density at radius 2 is 2.00 bits per heavy atom. The van der Waals surface area contributed by atoms with Gasteiger partial charge in [-0.1, -0.05) is 19.1 Å². The molecule has 0 saturated carbocycles. The Morgan fingerprint density at radius 1 is 1.21 bits per heavy atom. The molecule has 2 aromatic rings. The molecule has 0 amide bonds. The molecule has 0 aliphatic carbocycles. The lowest BCUT2D eigenvalue weighted by atomic mass is 9.98. The van der Waals surface area contributed by atoms with E-state index in [4.69, 9.17) is 0 Å². The number of hydrogen-bond acceptors (Lipinski definition) is 2. The quantitative estimate of drug-likeness (QED) is 0.890. The van der Waals surface area contributed by atoms with Crippen molar-refractivity contribution in [3.8, 4) is 11.1 Å². The summed E-state index contributed by atoms with van der Waals surface area (Å²) in [5, 5.41) is 7.70. The predicted molar refractivity (Wildman–Crippen MR) is 80.2 cm³/mol. The molecule has 0 aliphatic heterocycles. The summed E-state index contributed by atoms with van der Waals surface area (Å²) in [6.07, 6.45) is 3.11. The van der Waals surface area contributed by atoms with Gasteiger partial charge in [-0.3, -0.25) is 4.68 Å². The number of nitrogens with zero attached hydrogens (tertiary/aromatic N) is 2. The molecule has 2 rings (SSSR count). The second-order valence-corrected chi connectivity index (χ2v) is 5.05. The van der Waals surface area contributed by atoms with E-state index in [0.29, 0.717) is 0 Å². The average molecular weight is 257 g/mol. The van der Waals surface area contributed by atoms with Crippen LogP contribution >= 0.6 is 0 Å². The maximum absolute atomic E-state index is 4.50. The molecule has 1 aromatic heterocycles. The van der Waals surface area contributed by atoms with Crippen molar-refractivity contribution >= 4 is 0 Å². The molecule has 1 heterocycles. The highest BCUT2D eigenvalue weighted by Crippen LogP contribution is 2.27. The Bertz CT molecular complexity index is 555. The minimum Gasteiger partial charge on any atom is -0.316 e. The highest BCUT2D eigenvalue weighted by Gasteiger charge is 2.10. The molecular weight excluding hydrogens is 234 g/mol. The maximum Gasteiger partial charge on any atom is 0.0571 e. The molecule has 0 bridgehead atoms. The molecule has 1 aromatic carbocycles. The van der Waals surface area contributed by atoms with E-state index in [0.717, 1.165) is 19.5 Å². The predicted octanol–water partition coefficient (Wildman–Crippen LogP) is 3.30. The van der Waals surface area contributed by atoms with E-state index in [1.54, 1.807) is 0 Å². The highest BCUT2D eigenvalue weighted by molar-refractivity contribution is 5.69. The van der Waals surface area contributed by atoms with Gasteiger partial charge in [-0.15, -0.1) is 0 Å². The van der Waals surface area contributed by atoms with Crippen LogP contribution in [0.2, 0.25) is 0 Å². The molecule has 0 unspecified atom stereocenters. The SMILES string of the molecule is CCCn1ncc(-c2cc(CNC)ccc2C)c1C. The van der Waals surface area contributed by atoms with Crippen molar-refractivity contribution in [3.63, 3.8) is 0 Å². The smallest absolute Gasteiger partial charge is 0.0571 e. The summed E-state index contributed by atoms with van der Waals surface area (Å²) in [5.41, 5.74) is 6.42. The van der Waals surface area contributed by atoms with E-state index < -0.39 is 0 Å². The van der Waals surface area contributed by atoms with Crippen molar-refractivity contribution in [2.75, 3.05) is 7.05 Å². The molecule has 1 N–H and O–H groups in total. The standard InChI is InChI=1S/C16H23N3/c1-5-8-19-13(3)16(11-18-19)15-9-14(10-17-4)7-6-12(15)2/h6-7,9,11,17H,5,8,10H2,1-4H3. The van der Waals surface area contributed by atoms with Crippen molar-refractivity contribution in [2.24, 2.45) is 0 Å². The Kier molecular flexibility index (Phi) is 4.38. The topological polar surface area (TPSA) is 29.9 Å². The van der Waals surface area contributed by atoms with E-state index >= 15 is 0 Å². The molecule has 0 fully saturated rings. The summed E-state index contributed by atoms with van der Waals surface area (Å²) in [4.78, 5) is 0. The Morgan fingerprint density at radius 3 is 2.68 bits per heavy atom. The summed E-state index contributed by atoms with van der Waals surface area (Å²) in [6, 6.07) is 6.64. The first-order chi connectivity index (χ1) is 9.17. The van der Waals surface area contributed by atoms with Crippen molar-refractivity contribution in [1.82, 2.24) is 15.1 Å². The van der Waals surface area contributed by atoms with Crippen LogP contribution in [0.25, 0.3) is 11.1 Å². The number of benzene rings is 1. The molecule has 0 atom stereocenters. The number of rotatable bonds is 5. The third-order valence-corrected chi connectivity index (χ3v) is 3.51. The summed E-state index contributed by atoms with van der Waals surface area (Å²) < 4.78 is 2.10. The Labute approximate surface area is 115 Å². The van der Waals surface area contributed by atoms with E-state index in [1.165, 1.54) is 27.9 Å². The molecule has 3 nitrogen and oxygen atoms in total. The molecule has 0 aliphatic rings. The van der Waals surface area contributed by atoms with Crippen molar-refractivity contribution in [3.05, 3.63) is 41.2 Å². The highest BCUT2D eigenvalue weighted by atomic mass is 15.3. The zero-order valence-electron chi connectivity index (χ0n) is 12.3. The number of aryl methyl sites for hydroxylation is 2. The fraction of sp³-hybridized carbons (Fsp3) is 0.438. The van der Waals surface area contributed by atoms with Gasteiger partial charge in [0.25, 0.3) is 0 Å². The van der Waals surface area contributed by atoms with Crippen LogP contribution in [-0.2, 0) is 13.1 Å². The van der Waals surface area contributed by atoms with Gasteiger partial charge in [-0.2, -0.15) is 5.10 Å². The Hall–Kier alpha value is -1.61. The second kappa shape index (κ2) is 6.02. The fourth-order valence-electron chi connectivity index (χ4n) is 2.42. The largest absolute Gasteiger partial charge is 0.316 e. The van der Waals surface area contributed by atoms with E-state index in [-0.39, 0.29) is 0 Å². The zero-order chi connectivity index (χ0) is 13.8. The minimum absolute atomic E-state index is 0.898. The number of nitrogens with one attached hydrogen (secondary N) is 1. The van der Waals surface area contributed by atoms with E-state index in [9.17, 15) is 0 Å². The summed E-state index contributed by atoms with van der Waals surface area (Å²) in [6.45, 7) is 8.38. The third-order valence-electron chi connectivity index (χ3n) is 3.51. The van der Waals surface area contributed by atoms with Crippen molar-refractivity contribution in [2.45, 2.75) is 40.3 Å². The zero-order valence-corrected chi connectivity index (χ0v) is 12.3. The van der Waals surface area contributed by atoms with Crippen LogP contribution in [0.1, 0.15) is 30.2 Å². The second-order valence-electron chi connectivity index (χ2n) is 5.05. The normalized spacial score (nSPS) is 10.9. The number of aromatic nitrogens is 2. The molecule has 19 heavy (non-hydrogen) atoms. The molecule has 0 spiro atoms. The lowest BCUT2D eigenvalue weighted by Crippen LogP contribution is -2.05. The fourth-order valence-corrected chi connectivity index (χ4v) is 2.42. The van der Waals surface area contributed by atoms with Crippen LogP contribution in [0.5, 0.6) is 0 Å². The average Bonchev–Trinajstić information content (AvgIpc) is 2.75. The molecule has 0 saturated heterocycles. The summed E-state index contributed by atoms with van der Waals surface area (Å²) in [5.74, 6) is 0. The lowest BCUT2D eigenvalue weighted by Gasteiger charge is -2.09. The van der Waals surface area contributed by atoms with Gasteiger partial charge in [0, 0.05) is 24.3 Å². The van der Waals surface area contributed by atoms with Gasteiger partial charge < -0.3 is 5.32 Å². The Balaban J connectivity index is 2.43. The van der Waals surface area contributed by atoms with Gasteiger partial charge in [0.15, 0.2) is 0 Å². The maximum atomic E-state index is 4.50. The van der Waals surface area contributed by atoms with Crippen LogP contribution in [0.4, 0.5) is 0 Å². The van der Waals surface area contributed by atoms with Crippen LogP contribution in [0, 0.1) is 13.8 Å². The first-order valence-corrected chi connectivity index (χ1v) is 6.94. The van der Waals surface area contributed by atoms with Gasteiger partial charge >= 0.3 is 0 Å². The first-order valence-electron chi connectivity index (χ1n) is 6.94. The van der Waals surface area contributed by atoms with Gasteiger partial charge in [0.05, 0.1) is 6.20 Å². The van der Waals surface area contributed by atoms with Gasteiger partial charge in [0.2, 0.25) is 0 Å². The lowest BCUT2D eigenvalue weighted by molar-refractivity contribution is 0.587. The van der Waals surface area contributed by atoms with Gasteiger partial charge in [0.1, 0.15) is 0 Å². The van der Waals surface area contributed by atoms with Crippen LogP contribution in [-0.4, -0.2) is 16.8 Å². The van der Waals surface area contributed by atoms with E-state index in [2.05, 4.69) is 54.1 Å². The van der Waals surface area contributed by atoms with Crippen molar-refractivity contribution < 1.29 is 0 Å². The molecule has 3 heteroatoms. The van der Waals surface area contributed by atoms with Crippen molar-refractivity contribution in [1.29, 1.82) is 0 Å². The van der Waals surface area contributed by atoms with Gasteiger partial charge in [-0.25, -0.2) is 0 Å². The monoisotopic (exact) mass is 257 g/mol. The summed E-state index contributed by atoms with van der Waals surface area (Å²) >= 11 is 0. The van der Waals surface area contributed by atoms with Crippen LogP contribution in [0.15, 0.2) is 24.4 Å². The molecule has 102 valence electrons. The number of hydrogen-bond donors (Lipinski definition) is 1. The van der Waals surface area contributed by atoms with Crippen LogP contribution in [0.3, 0.4) is 0 Å². The first kappa shape index (κ1) is 13.8.